The van der Waals surface area contributed by atoms with Crippen LogP contribution in [0.25, 0.3) is 22.5 Å². The van der Waals surface area contributed by atoms with Gasteiger partial charge in [0.1, 0.15) is 17.5 Å². The molecule has 116 valence electrons. The summed E-state index contributed by atoms with van der Waals surface area (Å²) in [5, 5.41) is 3.23. The molecule has 2 aromatic heterocycles. The van der Waals surface area contributed by atoms with E-state index < -0.39 is 0 Å². The summed E-state index contributed by atoms with van der Waals surface area (Å²) in [5.74, 6) is 1.87. The van der Waals surface area contributed by atoms with Crippen molar-refractivity contribution in [2.75, 3.05) is 5.32 Å². The number of benzene rings is 1. The minimum Gasteiger partial charge on any atom is -0.341 e. The van der Waals surface area contributed by atoms with Gasteiger partial charge in [0.25, 0.3) is 0 Å². The molecule has 1 aliphatic heterocycles. The summed E-state index contributed by atoms with van der Waals surface area (Å²) in [6.07, 6.45) is 2.59. The third-order valence-electron chi connectivity index (χ3n) is 3.92. The fraction of sp³-hybridized carbons (Fsp3) is 0.222. The van der Waals surface area contributed by atoms with Crippen molar-refractivity contribution >= 4 is 11.5 Å². The van der Waals surface area contributed by atoms with E-state index >= 15 is 0 Å². The molecule has 2 N–H and O–H groups in total. The molecule has 4 rings (SSSR count). The van der Waals surface area contributed by atoms with Crippen molar-refractivity contribution in [1.29, 1.82) is 0 Å². The predicted octanol–water partition coefficient (Wildman–Crippen LogP) is 4.53. The summed E-state index contributed by atoms with van der Waals surface area (Å²) in [4.78, 5) is 12.6. The first-order valence-electron chi connectivity index (χ1n) is 7.73. The van der Waals surface area contributed by atoms with E-state index in [0.29, 0.717) is 17.4 Å². The van der Waals surface area contributed by atoms with Crippen molar-refractivity contribution in [3.63, 3.8) is 0 Å². The number of anilines is 2. The highest BCUT2D eigenvalue weighted by Crippen LogP contribution is 2.42. The average molecular weight is 308 g/mol. The number of fused-ring (bicyclic) bond motifs is 5. The lowest BCUT2D eigenvalue weighted by molar-refractivity contribution is 0.626. The Hall–Kier alpha value is -2.69. The Balaban J connectivity index is 1.98. The van der Waals surface area contributed by atoms with Crippen LogP contribution in [0.5, 0.6) is 0 Å². The van der Waals surface area contributed by atoms with Gasteiger partial charge in [0.2, 0.25) is 0 Å². The summed E-state index contributed by atoms with van der Waals surface area (Å²) >= 11 is 0. The Labute approximate surface area is 133 Å². The molecule has 4 nitrogen and oxygen atoms in total. The second kappa shape index (κ2) is 5.19. The molecule has 5 heteroatoms. The zero-order valence-corrected chi connectivity index (χ0v) is 13.0. The molecule has 1 aromatic carbocycles. The average Bonchev–Trinajstić information content (AvgIpc) is 2.85. The van der Waals surface area contributed by atoms with Crippen LogP contribution in [0.2, 0.25) is 0 Å². The van der Waals surface area contributed by atoms with E-state index in [1.807, 2.05) is 12.1 Å². The van der Waals surface area contributed by atoms with E-state index in [1.165, 1.54) is 12.1 Å². The lowest BCUT2D eigenvalue weighted by Crippen LogP contribution is -1.98. The number of aromatic amines is 1. The van der Waals surface area contributed by atoms with Gasteiger partial charge in [0.05, 0.1) is 17.1 Å². The second-order valence-corrected chi connectivity index (χ2v) is 6.22. The Morgan fingerprint density at radius 3 is 2.87 bits per heavy atom. The second-order valence-electron chi connectivity index (χ2n) is 6.22. The quantitative estimate of drug-likeness (QED) is 0.572. The van der Waals surface area contributed by atoms with Crippen LogP contribution in [0.1, 0.15) is 19.7 Å². The third kappa shape index (κ3) is 2.38. The SMILES string of the molecule is CC(C)Cc1nc2c([nH]1)-c1cccnc1Nc1cc(F)ccc1-2. The van der Waals surface area contributed by atoms with Gasteiger partial charge in [0.15, 0.2) is 0 Å². The maximum Gasteiger partial charge on any atom is 0.139 e. The van der Waals surface area contributed by atoms with Crippen LogP contribution in [-0.4, -0.2) is 15.0 Å². The molecular formula is C18H17FN4. The van der Waals surface area contributed by atoms with E-state index in [-0.39, 0.29) is 5.82 Å². The number of nitrogens with one attached hydrogen (secondary N) is 2. The van der Waals surface area contributed by atoms with Crippen molar-refractivity contribution in [2.45, 2.75) is 20.3 Å². The van der Waals surface area contributed by atoms with Crippen LogP contribution in [0.4, 0.5) is 15.9 Å². The molecule has 1 aliphatic rings. The highest BCUT2D eigenvalue weighted by Gasteiger charge is 2.23. The van der Waals surface area contributed by atoms with Gasteiger partial charge in [-0.3, -0.25) is 0 Å². The Morgan fingerprint density at radius 1 is 1.17 bits per heavy atom. The standard InChI is InChI=1S/C18H17FN4/c1-10(2)8-15-22-16-12-6-5-11(19)9-14(12)21-18-13(17(16)23-15)4-3-7-20-18/h3-7,9-10H,8H2,1-2H3,(H,20,21)(H,22,23). The molecular weight excluding hydrogens is 291 g/mol. The molecule has 0 atom stereocenters. The fourth-order valence-electron chi connectivity index (χ4n) is 2.96. The van der Waals surface area contributed by atoms with E-state index in [2.05, 4.69) is 29.1 Å². The molecule has 3 heterocycles. The lowest BCUT2D eigenvalue weighted by Gasteiger charge is -2.09. The van der Waals surface area contributed by atoms with Crippen molar-refractivity contribution in [3.05, 3.63) is 48.2 Å². The number of halogens is 1. The van der Waals surface area contributed by atoms with Crippen molar-refractivity contribution < 1.29 is 4.39 Å². The first-order chi connectivity index (χ1) is 11.1. The van der Waals surface area contributed by atoms with Gasteiger partial charge in [0, 0.05) is 23.7 Å². The number of hydrogen-bond donors (Lipinski definition) is 2. The molecule has 0 unspecified atom stereocenters. The number of H-pyrrole nitrogens is 1. The van der Waals surface area contributed by atoms with Gasteiger partial charge >= 0.3 is 0 Å². The van der Waals surface area contributed by atoms with E-state index in [4.69, 9.17) is 4.98 Å². The van der Waals surface area contributed by atoms with Gasteiger partial charge in [-0.25, -0.2) is 14.4 Å². The summed E-state index contributed by atoms with van der Waals surface area (Å²) < 4.78 is 13.7. The van der Waals surface area contributed by atoms with Crippen LogP contribution in [0.3, 0.4) is 0 Å². The summed E-state index contributed by atoms with van der Waals surface area (Å²) in [6, 6.07) is 8.60. The molecule has 23 heavy (non-hydrogen) atoms. The van der Waals surface area contributed by atoms with Crippen LogP contribution < -0.4 is 5.32 Å². The van der Waals surface area contributed by atoms with E-state index in [1.54, 1.807) is 12.3 Å². The molecule has 0 aliphatic carbocycles. The van der Waals surface area contributed by atoms with Gasteiger partial charge in [-0.2, -0.15) is 0 Å². The number of hydrogen-bond acceptors (Lipinski definition) is 3. The molecule has 0 amide bonds. The molecule has 0 saturated carbocycles. The summed E-state index contributed by atoms with van der Waals surface area (Å²) in [5.41, 5.74) is 4.29. The Bertz CT molecular complexity index is 882. The van der Waals surface area contributed by atoms with E-state index in [9.17, 15) is 4.39 Å². The van der Waals surface area contributed by atoms with Gasteiger partial charge < -0.3 is 10.3 Å². The maximum atomic E-state index is 13.7. The fourth-order valence-corrected chi connectivity index (χ4v) is 2.96. The molecule has 0 bridgehead atoms. The van der Waals surface area contributed by atoms with Crippen LogP contribution in [0, 0.1) is 11.7 Å². The minimum atomic E-state index is -0.282. The van der Waals surface area contributed by atoms with Gasteiger partial charge in [-0.15, -0.1) is 0 Å². The Morgan fingerprint density at radius 2 is 2.04 bits per heavy atom. The first kappa shape index (κ1) is 13.9. The highest BCUT2D eigenvalue weighted by atomic mass is 19.1. The number of pyridine rings is 1. The normalized spacial score (nSPS) is 12.2. The van der Waals surface area contributed by atoms with Crippen LogP contribution >= 0.6 is 0 Å². The van der Waals surface area contributed by atoms with Crippen molar-refractivity contribution in [2.24, 2.45) is 5.92 Å². The molecule has 0 spiro atoms. The van der Waals surface area contributed by atoms with Crippen LogP contribution in [-0.2, 0) is 6.42 Å². The van der Waals surface area contributed by atoms with Crippen LogP contribution in [0.15, 0.2) is 36.5 Å². The number of nitrogens with zero attached hydrogens (tertiary/aromatic N) is 2. The van der Waals surface area contributed by atoms with Gasteiger partial charge in [-0.05, 0) is 36.2 Å². The lowest BCUT2D eigenvalue weighted by atomic mass is 10.1. The Kier molecular flexibility index (Phi) is 3.15. The zero-order valence-electron chi connectivity index (χ0n) is 13.0. The van der Waals surface area contributed by atoms with Crippen molar-refractivity contribution in [1.82, 2.24) is 15.0 Å². The highest BCUT2D eigenvalue weighted by molar-refractivity contribution is 5.94. The molecule has 0 fully saturated rings. The minimum absolute atomic E-state index is 0.282. The number of imidazole rings is 1. The largest absolute Gasteiger partial charge is 0.341 e. The third-order valence-corrected chi connectivity index (χ3v) is 3.92. The number of rotatable bonds is 2. The topological polar surface area (TPSA) is 53.6 Å². The van der Waals surface area contributed by atoms with Crippen molar-refractivity contribution in [3.8, 4) is 22.5 Å². The smallest absolute Gasteiger partial charge is 0.139 e. The predicted molar refractivity (Wildman–Crippen MR) is 89.0 cm³/mol. The molecule has 0 saturated heterocycles. The number of aromatic nitrogens is 3. The molecule has 3 aromatic rings. The zero-order chi connectivity index (χ0) is 16.0. The van der Waals surface area contributed by atoms with E-state index in [0.717, 1.165) is 34.8 Å². The first-order valence-corrected chi connectivity index (χ1v) is 7.73. The monoisotopic (exact) mass is 308 g/mol. The molecule has 0 radical (unpaired) electrons. The maximum absolute atomic E-state index is 13.7. The summed E-state index contributed by atoms with van der Waals surface area (Å²) in [7, 11) is 0. The summed E-state index contributed by atoms with van der Waals surface area (Å²) in [6.45, 7) is 4.32. The van der Waals surface area contributed by atoms with Gasteiger partial charge in [-0.1, -0.05) is 13.8 Å².